The summed E-state index contributed by atoms with van der Waals surface area (Å²) in [5.41, 5.74) is 2.88. The molecule has 2 aromatic rings. The third kappa shape index (κ3) is 5.42. The molecule has 1 aromatic heterocycles. The van der Waals surface area contributed by atoms with E-state index in [9.17, 15) is 4.79 Å². The quantitative estimate of drug-likeness (QED) is 0.740. The summed E-state index contributed by atoms with van der Waals surface area (Å²) in [5.74, 6) is 0.662. The minimum atomic E-state index is -0.0458. The molecule has 0 aliphatic carbocycles. The second-order valence-corrected chi connectivity index (χ2v) is 7.49. The zero-order valence-corrected chi connectivity index (χ0v) is 17.1. The largest absolute Gasteiger partial charge is 0.369 e. The highest BCUT2D eigenvalue weighted by Crippen LogP contribution is 2.18. The number of anilines is 2. The van der Waals surface area contributed by atoms with Crippen LogP contribution in [0.5, 0.6) is 0 Å². The molecule has 1 aromatic carbocycles. The molecule has 3 rings (SSSR count). The zero-order valence-electron chi connectivity index (χ0n) is 17.1. The Balaban J connectivity index is 1.49. The number of carbonyl (C=O) groups excluding carboxylic acids is 1. The van der Waals surface area contributed by atoms with E-state index in [0.29, 0.717) is 24.6 Å². The van der Waals surface area contributed by atoms with Crippen LogP contribution in [0.4, 0.5) is 11.5 Å². The molecular weight excluding hydrogens is 352 g/mol. The topological polar surface area (TPSA) is 64.6 Å². The first-order valence-electron chi connectivity index (χ1n) is 9.84. The lowest BCUT2D eigenvalue weighted by Crippen LogP contribution is -2.49. The molecule has 0 bridgehead atoms. The Morgan fingerprint density at radius 1 is 1.14 bits per heavy atom. The molecule has 1 fully saturated rings. The molecule has 28 heavy (non-hydrogen) atoms. The average molecular weight is 383 g/mol. The number of aryl methyl sites for hydroxylation is 1. The highest BCUT2D eigenvalue weighted by atomic mass is 16.2. The van der Waals surface area contributed by atoms with Crippen LogP contribution in [0.1, 0.15) is 22.5 Å². The Morgan fingerprint density at radius 2 is 1.93 bits per heavy atom. The molecule has 1 aliphatic rings. The molecule has 2 heterocycles. The minimum absolute atomic E-state index is 0.0458. The zero-order chi connectivity index (χ0) is 19.9. The van der Waals surface area contributed by atoms with Gasteiger partial charge in [0.25, 0.3) is 5.91 Å². The number of benzene rings is 1. The van der Waals surface area contributed by atoms with Crippen molar-refractivity contribution >= 4 is 17.4 Å². The van der Waals surface area contributed by atoms with Crippen LogP contribution < -0.4 is 10.2 Å². The van der Waals surface area contributed by atoms with Gasteiger partial charge in [-0.1, -0.05) is 12.1 Å². The molecule has 0 atom stereocenters. The van der Waals surface area contributed by atoms with Gasteiger partial charge in [-0.05, 0) is 51.7 Å². The molecule has 150 valence electrons. The summed E-state index contributed by atoms with van der Waals surface area (Å²) in [5, 5.41) is 3.24. The van der Waals surface area contributed by atoms with Gasteiger partial charge in [-0.15, -0.1) is 0 Å². The number of amides is 1. The summed E-state index contributed by atoms with van der Waals surface area (Å²) in [6.07, 6.45) is 4.25. The summed E-state index contributed by atoms with van der Waals surface area (Å²) in [6, 6.07) is 8.49. The molecule has 1 amide bonds. The Labute approximate surface area is 167 Å². The third-order valence-corrected chi connectivity index (χ3v) is 4.89. The van der Waals surface area contributed by atoms with Gasteiger partial charge in [0.15, 0.2) is 0 Å². The summed E-state index contributed by atoms with van der Waals surface area (Å²) >= 11 is 0. The molecule has 0 spiro atoms. The van der Waals surface area contributed by atoms with Crippen molar-refractivity contribution in [2.75, 3.05) is 63.6 Å². The van der Waals surface area contributed by atoms with Gasteiger partial charge in [0.05, 0.1) is 12.4 Å². The maximum atomic E-state index is 12.7. The molecule has 0 unspecified atom stereocenters. The van der Waals surface area contributed by atoms with E-state index in [0.717, 1.165) is 32.6 Å². The molecule has 0 radical (unpaired) electrons. The first kappa shape index (κ1) is 20.1. The number of nitrogens with one attached hydrogen (secondary N) is 1. The van der Waals surface area contributed by atoms with Crippen molar-refractivity contribution < 1.29 is 4.79 Å². The van der Waals surface area contributed by atoms with Gasteiger partial charge in [0, 0.05) is 38.4 Å². The van der Waals surface area contributed by atoms with E-state index < -0.39 is 0 Å². The summed E-state index contributed by atoms with van der Waals surface area (Å²) in [4.78, 5) is 27.7. The van der Waals surface area contributed by atoms with E-state index in [1.54, 1.807) is 12.4 Å². The maximum absolute atomic E-state index is 12.7. The minimum Gasteiger partial charge on any atom is -0.369 e. The van der Waals surface area contributed by atoms with Gasteiger partial charge in [0.1, 0.15) is 11.5 Å². The van der Waals surface area contributed by atoms with Crippen LogP contribution in [-0.4, -0.2) is 79.0 Å². The van der Waals surface area contributed by atoms with Gasteiger partial charge in [-0.25, -0.2) is 9.97 Å². The van der Waals surface area contributed by atoms with Crippen LogP contribution in [0.15, 0.2) is 36.7 Å². The SMILES string of the molecule is Cc1cccc(N2CCN(C(=O)c3cnc(NCCCN(C)C)cn3)CC2)c1. The number of rotatable bonds is 7. The number of hydrogen-bond donors (Lipinski definition) is 1. The highest BCUT2D eigenvalue weighted by Gasteiger charge is 2.23. The average Bonchev–Trinajstić information content (AvgIpc) is 2.71. The third-order valence-electron chi connectivity index (χ3n) is 4.89. The monoisotopic (exact) mass is 382 g/mol. The van der Waals surface area contributed by atoms with Gasteiger partial charge < -0.3 is 20.0 Å². The fraction of sp³-hybridized carbons (Fsp3) is 0.476. The number of nitrogens with zero attached hydrogens (tertiary/aromatic N) is 5. The lowest BCUT2D eigenvalue weighted by atomic mass is 10.2. The van der Waals surface area contributed by atoms with E-state index >= 15 is 0 Å². The van der Waals surface area contributed by atoms with Gasteiger partial charge in [0.2, 0.25) is 0 Å². The van der Waals surface area contributed by atoms with Crippen molar-refractivity contribution in [1.29, 1.82) is 0 Å². The fourth-order valence-corrected chi connectivity index (χ4v) is 3.30. The van der Waals surface area contributed by atoms with Gasteiger partial charge in [-0.3, -0.25) is 4.79 Å². The molecule has 0 saturated carbocycles. The van der Waals surface area contributed by atoms with Gasteiger partial charge in [-0.2, -0.15) is 0 Å². The number of carbonyl (C=O) groups is 1. The Morgan fingerprint density at radius 3 is 2.57 bits per heavy atom. The lowest BCUT2D eigenvalue weighted by Gasteiger charge is -2.36. The van der Waals surface area contributed by atoms with Crippen molar-refractivity contribution in [1.82, 2.24) is 19.8 Å². The van der Waals surface area contributed by atoms with Crippen LogP contribution in [0.2, 0.25) is 0 Å². The first-order chi connectivity index (χ1) is 13.5. The van der Waals surface area contributed by atoms with E-state index in [1.807, 2.05) is 4.90 Å². The number of hydrogen-bond acceptors (Lipinski definition) is 6. The van der Waals surface area contributed by atoms with E-state index in [2.05, 4.69) is 70.4 Å². The smallest absolute Gasteiger partial charge is 0.274 e. The Hall–Kier alpha value is -2.67. The molecular formula is C21H30N6O. The highest BCUT2D eigenvalue weighted by molar-refractivity contribution is 5.92. The second kappa shape index (κ2) is 9.50. The molecule has 7 heteroatoms. The lowest BCUT2D eigenvalue weighted by molar-refractivity contribution is 0.0740. The van der Waals surface area contributed by atoms with Crippen LogP contribution in [0.25, 0.3) is 0 Å². The van der Waals surface area contributed by atoms with E-state index in [1.165, 1.54) is 11.3 Å². The molecule has 7 nitrogen and oxygen atoms in total. The first-order valence-corrected chi connectivity index (χ1v) is 9.84. The normalized spacial score (nSPS) is 14.4. The van der Waals surface area contributed by atoms with E-state index in [4.69, 9.17) is 0 Å². The standard InChI is InChI=1S/C21H30N6O/c1-17-6-4-7-18(14-17)26-10-12-27(13-11-26)21(28)19-15-24-20(16-23-19)22-8-5-9-25(2)3/h4,6-7,14-16H,5,8-13H2,1-3H3,(H,22,24). The van der Waals surface area contributed by atoms with Crippen molar-refractivity contribution in [3.8, 4) is 0 Å². The van der Waals surface area contributed by atoms with E-state index in [-0.39, 0.29) is 5.91 Å². The predicted molar refractivity (Wildman–Crippen MR) is 113 cm³/mol. The van der Waals surface area contributed by atoms with Crippen molar-refractivity contribution in [2.24, 2.45) is 0 Å². The van der Waals surface area contributed by atoms with Crippen LogP contribution in [-0.2, 0) is 0 Å². The molecule has 1 aliphatic heterocycles. The summed E-state index contributed by atoms with van der Waals surface area (Å²) in [6.45, 7) is 7.00. The Kier molecular flexibility index (Phi) is 6.81. The Bertz CT molecular complexity index is 769. The van der Waals surface area contributed by atoms with Gasteiger partial charge >= 0.3 is 0 Å². The van der Waals surface area contributed by atoms with Crippen molar-refractivity contribution in [3.63, 3.8) is 0 Å². The second-order valence-electron chi connectivity index (χ2n) is 7.49. The molecule has 1 saturated heterocycles. The van der Waals surface area contributed by atoms with Crippen LogP contribution in [0.3, 0.4) is 0 Å². The summed E-state index contributed by atoms with van der Waals surface area (Å²) < 4.78 is 0. The van der Waals surface area contributed by atoms with Crippen LogP contribution >= 0.6 is 0 Å². The number of piperazine rings is 1. The predicted octanol–water partition coefficient (Wildman–Crippen LogP) is 2.11. The summed E-state index contributed by atoms with van der Waals surface area (Å²) in [7, 11) is 4.11. The van der Waals surface area contributed by atoms with Crippen molar-refractivity contribution in [3.05, 3.63) is 47.9 Å². The number of aromatic nitrogens is 2. The molecule has 1 N–H and O–H groups in total. The van der Waals surface area contributed by atoms with Crippen LogP contribution in [0, 0.1) is 6.92 Å². The fourth-order valence-electron chi connectivity index (χ4n) is 3.30. The van der Waals surface area contributed by atoms with Crippen molar-refractivity contribution in [2.45, 2.75) is 13.3 Å². The maximum Gasteiger partial charge on any atom is 0.274 e.